The molecule has 2 aliphatic rings. The van der Waals surface area contributed by atoms with E-state index in [4.69, 9.17) is 4.74 Å². The molecule has 32 heavy (non-hydrogen) atoms. The molecular weight excluding hydrogens is 398 g/mol. The average molecular weight is 444 g/mol. The Bertz CT molecular complexity index is 651. The Morgan fingerprint density at radius 1 is 1.00 bits per heavy atom. The van der Waals surface area contributed by atoms with Crippen molar-refractivity contribution >= 4 is 5.96 Å². The normalized spacial score (nSPS) is 19.9. The van der Waals surface area contributed by atoms with E-state index in [1.54, 1.807) is 7.11 Å². The van der Waals surface area contributed by atoms with Crippen LogP contribution in [0.25, 0.3) is 0 Å². The largest absolute Gasteiger partial charge is 0.385 e. The summed E-state index contributed by atoms with van der Waals surface area (Å²) in [4.78, 5) is 9.63. The first-order valence-electron chi connectivity index (χ1n) is 12.7. The lowest BCUT2D eigenvalue weighted by Crippen LogP contribution is -2.46. The van der Waals surface area contributed by atoms with Crippen molar-refractivity contribution in [3.63, 3.8) is 0 Å². The van der Waals surface area contributed by atoms with Gasteiger partial charge in [-0.25, -0.2) is 0 Å². The van der Waals surface area contributed by atoms with Crippen LogP contribution in [0.5, 0.6) is 0 Å². The van der Waals surface area contributed by atoms with Gasteiger partial charge in [-0.15, -0.1) is 0 Å². The maximum Gasteiger partial charge on any atom is 0.190 e. The summed E-state index contributed by atoms with van der Waals surface area (Å²) in [5.41, 5.74) is 1.81. The number of hydrogen-bond donors (Lipinski definition) is 2. The average Bonchev–Trinajstić information content (AvgIpc) is 3.30. The van der Waals surface area contributed by atoms with E-state index in [-0.39, 0.29) is 0 Å². The van der Waals surface area contributed by atoms with Crippen LogP contribution in [0.1, 0.15) is 50.5 Å². The monoisotopic (exact) mass is 443 g/mol. The highest BCUT2D eigenvalue weighted by atomic mass is 16.5. The van der Waals surface area contributed by atoms with E-state index in [0.29, 0.717) is 5.41 Å². The minimum absolute atomic E-state index is 0.385. The Balaban J connectivity index is 1.25. The number of aliphatic imine (C=N–C) groups is 1. The number of hydrogen-bond acceptors (Lipinski definition) is 4. The standard InChI is InChI=1S/C26H45N5O/c1-27-25(29-23-26(14-21-32-2)12-6-7-13-26)28-15-8-9-16-30-17-19-31(20-18-30)22-24-10-4-3-5-11-24/h3-5,10-11H,6-9,12-23H2,1-2H3,(H2,27,28,29). The Morgan fingerprint density at radius 2 is 1.72 bits per heavy atom. The van der Waals surface area contributed by atoms with Crippen molar-refractivity contribution in [3.05, 3.63) is 35.9 Å². The van der Waals surface area contributed by atoms with Crippen LogP contribution in [0.2, 0.25) is 0 Å². The molecule has 1 saturated carbocycles. The molecule has 0 radical (unpaired) electrons. The number of ether oxygens (including phenoxy) is 1. The van der Waals surface area contributed by atoms with E-state index in [0.717, 1.165) is 38.6 Å². The van der Waals surface area contributed by atoms with Crippen LogP contribution < -0.4 is 10.6 Å². The van der Waals surface area contributed by atoms with Gasteiger partial charge in [0.15, 0.2) is 5.96 Å². The van der Waals surface area contributed by atoms with Crippen LogP contribution in [-0.4, -0.2) is 82.3 Å². The lowest BCUT2D eigenvalue weighted by Gasteiger charge is -2.34. The lowest BCUT2D eigenvalue weighted by molar-refractivity contribution is 0.126. The fourth-order valence-corrected chi connectivity index (χ4v) is 5.13. The molecule has 1 heterocycles. The summed E-state index contributed by atoms with van der Waals surface area (Å²) in [7, 11) is 3.68. The van der Waals surface area contributed by atoms with Crippen molar-refractivity contribution < 1.29 is 4.74 Å². The molecule has 0 spiro atoms. The van der Waals surface area contributed by atoms with E-state index in [2.05, 4.69) is 55.8 Å². The van der Waals surface area contributed by atoms with Gasteiger partial charge in [0.2, 0.25) is 0 Å². The van der Waals surface area contributed by atoms with Crippen molar-refractivity contribution in [3.8, 4) is 0 Å². The summed E-state index contributed by atoms with van der Waals surface area (Å²) >= 11 is 0. The fourth-order valence-electron chi connectivity index (χ4n) is 5.13. The predicted molar refractivity (Wildman–Crippen MR) is 134 cm³/mol. The van der Waals surface area contributed by atoms with Crippen LogP contribution >= 0.6 is 0 Å². The predicted octanol–water partition coefficient (Wildman–Crippen LogP) is 3.35. The first-order chi connectivity index (χ1) is 15.7. The van der Waals surface area contributed by atoms with E-state index >= 15 is 0 Å². The summed E-state index contributed by atoms with van der Waals surface area (Å²) in [5, 5.41) is 7.11. The van der Waals surface area contributed by atoms with Crippen molar-refractivity contribution in [2.24, 2.45) is 10.4 Å². The molecule has 0 amide bonds. The van der Waals surface area contributed by atoms with Crippen molar-refractivity contribution in [2.45, 2.75) is 51.5 Å². The number of nitrogens with one attached hydrogen (secondary N) is 2. The van der Waals surface area contributed by atoms with Crippen molar-refractivity contribution in [1.82, 2.24) is 20.4 Å². The number of benzene rings is 1. The number of methoxy groups -OCH3 is 1. The molecule has 1 aromatic carbocycles. The molecule has 1 saturated heterocycles. The van der Waals surface area contributed by atoms with Crippen LogP contribution in [-0.2, 0) is 11.3 Å². The summed E-state index contributed by atoms with van der Waals surface area (Å²) in [6, 6.07) is 10.8. The highest BCUT2D eigenvalue weighted by Crippen LogP contribution is 2.40. The Kier molecular flexibility index (Phi) is 10.8. The highest BCUT2D eigenvalue weighted by Gasteiger charge is 2.33. The molecule has 3 rings (SSSR count). The molecule has 2 N–H and O–H groups in total. The highest BCUT2D eigenvalue weighted by molar-refractivity contribution is 5.79. The Morgan fingerprint density at radius 3 is 2.41 bits per heavy atom. The van der Waals surface area contributed by atoms with Gasteiger partial charge in [-0.05, 0) is 49.6 Å². The zero-order valence-corrected chi connectivity index (χ0v) is 20.5. The molecule has 6 heteroatoms. The van der Waals surface area contributed by atoms with Gasteiger partial charge in [0.25, 0.3) is 0 Å². The molecule has 0 bridgehead atoms. The van der Waals surface area contributed by atoms with Gasteiger partial charge in [-0.1, -0.05) is 43.2 Å². The molecular formula is C26H45N5O. The molecule has 1 aliphatic heterocycles. The zero-order valence-electron chi connectivity index (χ0n) is 20.5. The summed E-state index contributed by atoms with van der Waals surface area (Å²) in [6.45, 7) is 9.85. The number of nitrogens with zero attached hydrogens (tertiary/aromatic N) is 3. The molecule has 0 unspecified atom stereocenters. The van der Waals surface area contributed by atoms with Crippen LogP contribution in [0.15, 0.2) is 35.3 Å². The van der Waals surface area contributed by atoms with Crippen LogP contribution in [0.3, 0.4) is 0 Å². The number of unbranched alkanes of at least 4 members (excludes halogenated alkanes) is 1. The minimum atomic E-state index is 0.385. The van der Waals surface area contributed by atoms with Gasteiger partial charge in [0, 0.05) is 66.6 Å². The second-order valence-electron chi connectivity index (χ2n) is 9.61. The molecule has 2 fully saturated rings. The van der Waals surface area contributed by atoms with Crippen LogP contribution in [0.4, 0.5) is 0 Å². The number of rotatable bonds is 12. The van der Waals surface area contributed by atoms with Gasteiger partial charge in [0.1, 0.15) is 0 Å². The van der Waals surface area contributed by atoms with E-state index in [1.807, 2.05) is 7.05 Å². The molecule has 0 aromatic heterocycles. The minimum Gasteiger partial charge on any atom is -0.385 e. The third kappa shape index (κ3) is 8.38. The maximum absolute atomic E-state index is 5.36. The molecule has 180 valence electrons. The van der Waals surface area contributed by atoms with Crippen LogP contribution in [0, 0.1) is 5.41 Å². The first-order valence-corrected chi connectivity index (χ1v) is 12.7. The van der Waals surface area contributed by atoms with Gasteiger partial charge in [-0.2, -0.15) is 0 Å². The summed E-state index contributed by atoms with van der Waals surface area (Å²) < 4.78 is 5.36. The van der Waals surface area contributed by atoms with Crippen molar-refractivity contribution in [2.75, 3.05) is 66.6 Å². The molecule has 1 aromatic rings. The SMILES string of the molecule is CN=C(NCCCCN1CCN(Cc2ccccc2)CC1)NCC1(CCOC)CCCC1. The topological polar surface area (TPSA) is 52.1 Å². The third-order valence-electron chi connectivity index (χ3n) is 7.26. The fraction of sp³-hybridized carbons (Fsp3) is 0.731. The molecule has 0 atom stereocenters. The van der Waals surface area contributed by atoms with Crippen molar-refractivity contribution in [1.29, 1.82) is 0 Å². The van der Waals surface area contributed by atoms with E-state index in [9.17, 15) is 0 Å². The Hall–Kier alpha value is -1.63. The maximum atomic E-state index is 5.36. The number of guanidine groups is 1. The van der Waals surface area contributed by atoms with Gasteiger partial charge in [0.05, 0.1) is 0 Å². The third-order valence-corrected chi connectivity index (χ3v) is 7.26. The zero-order chi connectivity index (χ0) is 22.5. The Labute approximate surface area is 195 Å². The molecule has 6 nitrogen and oxygen atoms in total. The quantitative estimate of drug-likeness (QED) is 0.295. The van der Waals surface area contributed by atoms with E-state index < -0.39 is 0 Å². The summed E-state index contributed by atoms with van der Waals surface area (Å²) in [6.07, 6.45) is 8.86. The lowest BCUT2D eigenvalue weighted by atomic mass is 9.83. The second-order valence-corrected chi connectivity index (χ2v) is 9.61. The smallest absolute Gasteiger partial charge is 0.190 e. The molecule has 1 aliphatic carbocycles. The van der Waals surface area contributed by atoms with Gasteiger partial charge >= 0.3 is 0 Å². The summed E-state index contributed by atoms with van der Waals surface area (Å²) in [5.74, 6) is 0.947. The number of piperazine rings is 1. The van der Waals surface area contributed by atoms with E-state index in [1.165, 1.54) is 76.8 Å². The first kappa shape index (κ1) is 25.0. The van der Waals surface area contributed by atoms with Gasteiger partial charge in [-0.3, -0.25) is 9.89 Å². The van der Waals surface area contributed by atoms with Gasteiger partial charge < -0.3 is 20.3 Å². The second kappa shape index (κ2) is 13.8.